The maximum atomic E-state index is 3.33. The quantitative estimate of drug-likeness (QED) is 0.352. The first kappa shape index (κ1) is 13.9. The summed E-state index contributed by atoms with van der Waals surface area (Å²) in [6, 6.07) is 19.5. The summed E-state index contributed by atoms with van der Waals surface area (Å²) in [4.78, 5) is 0. The highest BCUT2D eigenvalue weighted by atomic mass is 14.1. The molecule has 0 unspecified atom stereocenters. The average molecular weight is 294 g/mol. The smallest absolute Gasteiger partial charge is 0.0255 e. The van der Waals surface area contributed by atoms with Crippen molar-refractivity contribution in [1.29, 1.82) is 0 Å². The number of rotatable bonds is 0. The molecule has 0 spiro atoms. The minimum absolute atomic E-state index is 1.06. The van der Waals surface area contributed by atoms with Crippen molar-refractivity contribution >= 4 is 21.5 Å². The zero-order valence-corrected chi connectivity index (χ0v) is 13.3. The first-order chi connectivity index (χ1) is 11.3. The molecule has 0 heterocycles. The van der Waals surface area contributed by atoms with Crippen LogP contribution in [0.3, 0.4) is 0 Å². The van der Waals surface area contributed by atoms with Gasteiger partial charge < -0.3 is 0 Å². The van der Waals surface area contributed by atoms with Crippen molar-refractivity contribution in [3.63, 3.8) is 0 Å². The number of benzene rings is 3. The lowest BCUT2D eigenvalue weighted by molar-refractivity contribution is 0.934. The Labute approximate surface area is 137 Å². The second kappa shape index (κ2) is 5.78. The van der Waals surface area contributed by atoms with Crippen LogP contribution in [0.25, 0.3) is 21.5 Å². The molecule has 3 aromatic carbocycles. The van der Waals surface area contributed by atoms with Gasteiger partial charge in [0.1, 0.15) is 0 Å². The maximum Gasteiger partial charge on any atom is 0.0255 e. The Morgan fingerprint density at radius 3 is 2.17 bits per heavy atom. The molecule has 0 heteroatoms. The van der Waals surface area contributed by atoms with E-state index in [4.69, 9.17) is 0 Å². The van der Waals surface area contributed by atoms with Gasteiger partial charge in [-0.2, -0.15) is 0 Å². The van der Waals surface area contributed by atoms with Crippen LogP contribution in [0.1, 0.15) is 25.3 Å². The van der Waals surface area contributed by atoms with Crippen LogP contribution in [0.5, 0.6) is 0 Å². The Morgan fingerprint density at radius 2 is 1.43 bits per heavy atom. The van der Waals surface area contributed by atoms with E-state index in [1.807, 2.05) is 0 Å². The number of allylic oxidation sites excluding steroid dienone is 4. The molecule has 0 nitrogen and oxygen atoms in total. The fourth-order valence-electron chi connectivity index (χ4n) is 3.02. The van der Waals surface area contributed by atoms with E-state index in [0.29, 0.717) is 0 Å². The third-order valence-electron chi connectivity index (χ3n) is 4.43. The Bertz CT molecular complexity index is 1020. The molecular weight excluding hydrogens is 276 g/mol. The molecule has 0 radical (unpaired) electrons. The summed E-state index contributed by atoms with van der Waals surface area (Å²) < 4.78 is 0. The molecule has 0 atom stereocenters. The standard InChI is InChI=1S/C23H18/c1-17-6-8-18(9-7-17)10-11-19-12-13-22-15-20-4-2-3-5-21(20)16-23(22)14-19/h2-6,8,12-16H,7,9H2,1H3. The van der Waals surface area contributed by atoms with Gasteiger partial charge in [-0.15, -0.1) is 0 Å². The van der Waals surface area contributed by atoms with E-state index in [2.05, 4.69) is 85.5 Å². The zero-order valence-electron chi connectivity index (χ0n) is 13.3. The summed E-state index contributed by atoms with van der Waals surface area (Å²) in [5, 5.41) is 5.09. The molecule has 0 saturated heterocycles. The summed E-state index contributed by atoms with van der Waals surface area (Å²) in [7, 11) is 0. The molecule has 0 amide bonds. The molecule has 1 aliphatic rings. The largest absolute Gasteiger partial charge is 0.0729 e. The van der Waals surface area contributed by atoms with Gasteiger partial charge in [-0.25, -0.2) is 0 Å². The van der Waals surface area contributed by atoms with Crippen molar-refractivity contribution in [1.82, 2.24) is 0 Å². The first-order valence-electron chi connectivity index (χ1n) is 8.09. The number of fused-ring (bicyclic) bond motifs is 2. The van der Waals surface area contributed by atoms with Crippen molar-refractivity contribution in [3.05, 3.63) is 83.5 Å². The molecule has 1 aliphatic carbocycles. The van der Waals surface area contributed by atoms with E-state index in [1.54, 1.807) is 0 Å². The fourth-order valence-corrected chi connectivity index (χ4v) is 3.02. The Kier molecular flexibility index (Phi) is 3.48. The van der Waals surface area contributed by atoms with Crippen molar-refractivity contribution in [3.8, 4) is 11.8 Å². The van der Waals surface area contributed by atoms with Crippen LogP contribution in [0.2, 0.25) is 0 Å². The Balaban J connectivity index is 1.73. The Hall–Kier alpha value is -2.78. The highest BCUT2D eigenvalue weighted by Gasteiger charge is 2.01. The third-order valence-corrected chi connectivity index (χ3v) is 4.43. The van der Waals surface area contributed by atoms with Crippen LogP contribution in [0, 0.1) is 11.8 Å². The topological polar surface area (TPSA) is 0 Å². The van der Waals surface area contributed by atoms with Gasteiger partial charge in [-0.05, 0) is 65.6 Å². The van der Waals surface area contributed by atoms with E-state index in [0.717, 1.165) is 18.4 Å². The van der Waals surface area contributed by atoms with E-state index in [-0.39, 0.29) is 0 Å². The van der Waals surface area contributed by atoms with E-state index >= 15 is 0 Å². The molecule has 0 fully saturated rings. The van der Waals surface area contributed by atoms with Crippen LogP contribution in [0.15, 0.2) is 77.9 Å². The first-order valence-corrected chi connectivity index (χ1v) is 8.09. The highest BCUT2D eigenvalue weighted by Crippen LogP contribution is 2.23. The van der Waals surface area contributed by atoms with Gasteiger partial charge in [0.2, 0.25) is 0 Å². The molecule has 110 valence electrons. The van der Waals surface area contributed by atoms with Crippen molar-refractivity contribution in [2.24, 2.45) is 0 Å². The lowest BCUT2D eigenvalue weighted by atomic mass is 9.99. The van der Waals surface area contributed by atoms with Crippen LogP contribution in [-0.4, -0.2) is 0 Å². The minimum Gasteiger partial charge on any atom is -0.0729 e. The minimum atomic E-state index is 1.06. The van der Waals surface area contributed by atoms with Gasteiger partial charge in [0.05, 0.1) is 0 Å². The number of hydrogen-bond donors (Lipinski definition) is 0. The number of hydrogen-bond acceptors (Lipinski definition) is 0. The second-order valence-electron chi connectivity index (χ2n) is 6.22. The lowest BCUT2D eigenvalue weighted by Crippen LogP contribution is -1.88. The summed E-state index contributed by atoms with van der Waals surface area (Å²) in [5.41, 5.74) is 3.75. The van der Waals surface area contributed by atoms with Gasteiger partial charge in [0.15, 0.2) is 0 Å². The van der Waals surface area contributed by atoms with Gasteiger partial charge in [-0.1, -0.05) is 59.9 Å². The molecule has 23 heavy (non-hydrogen) atoms. The molecule has 4 rings (SSSR count). The molecule has 0 N–H and O–H groups in total. The predicted molar refractivity (Wildman–Crippen MR) is 99.4 cm³/mol. The predicted octanol–water partition coefficient (Wildman–Crippen LogP) is 6.01. The summed E-state index contributed by atoms with van der Waals surface area (Å²) >= 11 is 0. The van der Waals surface area contributed by atoms with Crippen molar-refractivity contribution < 1.29 is 0 Å². The highest BCUT2D eigenvalue weighted by molar-refractivity contribution is 5.98. The van der Waals surface area contributed by atoms with E-state index in [9.17, 15) is 0 Å². The summed E-state index contributed by atoms with van der Waals surface area (Å²) in [6.07, 6.45) is 6.53. The van der Waals surface area contributed by atoms with Crippen LogP contribution in [-0.2, 0) is 0 Å². The molecule has 0 aliphatic heterocycles. The van der Waals surface area contributed by atoms with E-state index < -0.39 is 0 Å². The zero-order chi connectivity index (χ0) is 15.6. The fraction of sp³-hybridized carbons (Fsp3) is 0.130. The average Bonchev–Trinajstić information content (AvgIpc) is 2.59. The SMILES string of the molecule is CC1=CC=C(C#Cc2ccc3cc4ccccc4cc3c2)CC1. The normalized spacial score (nSPS) is 14.1. The van der Waals surface area contributed by atoms with Gasteiger partial charge in [0.25, 0.3) is 0 Å². The lowest BCUT2D eigenvalue weighted by Gasteiger charge is -2.06. The Morgan fingerprint density at radius 1 is 0.696 bits per heavy atom. The van der Waals surface area contributed by atoms with Gasteiger partial charge in [-0.3, -0.25) is 0 Å². The van der Waals surface area contributed by atoms with Crippen molar-refractivity contribution in [2.75, 3.05) is 0 Å². The van der Waals surface area contributed by atoms with Crippen LogP contribution >= 0.6 is 0 Å². The molecule has 0 bridgehead atoms. The summed E-state index contributed by atoms with van der Waals surface area (Å²) in [5.74, 6) is 6.65. The molecule has 0 aromatic heterocycles. The maximum absolute atomic E-state index is 3.33. The third kappa shape index (κ3) is 2.91. The monoisotopic (exact) mass is 294 g/mol. The van der Waals surface area contributed by atoms with Gasteiger partial charge >= 0.3 is 0 Å². The van der Waals surface area contributed by atoms with Gasteiger partial charge in [0, 0.05) is 11.1 Å². The molecule has 3 aromatic rings. The van der Waals surface area contributed by atoms with Crippen molar-refractivity contribution in [2.45, 2.75) is 19.8 Å². The summed E-state index contributed by atoms with van der Waals surface area (Å²) in [6.45, 7) is 2.17. The molecule has 0 saturated carbocycles. The van der Waals surface area contributed by atoms with E-state index in [1.165, 1.54) is 32.7 Å². The second-order valence-corrected chi connectivity index (χ2v) is 6.22. The van der Waals surface area contributed by atoms with Crippen LogP contribution < -0.4 is 0 Å². The molecular formula is C23H18. The van der Waals surface area contributed by atoms with Crippen LogP contribution in [0.4, 0.5) is 0 Å².